The summed E-state index contributed by atoms with van der Waals surface area (Å²) in [5.74, 6) is 0.760. The van der Waals surface area contributed by atoms with Crippen LogP contribution in [0.1, 0.15) is 13.3 Å². The zero-order chi connectivity index (χ0) is 12.0. The number of hydrogen-bond acceptors (Lipinski definition) is 5. The monoisotopic (exact) mass is 234 g/mol. The lowest BCUT2D eigenvalue weighted by Crippen LogP contribution is -2.67. The van der Waals surface area contributed by atoms with Gasteiger partial charge in [0.15, 0.2) is 5.65 Å². The van der Waals surface area contributed by atoms with Crippen molar-refractivity contribution in [2.75, 3.05) is 18.0 Å². The Labute approximate surface area is 97.2 Å². The van der Waals surface area contributed by atoms with E-state index < -0.39 is 0 Å². The van der Waals surface area contributed by atoms with E-state index >= 15 is 0 Å². The fraction of sp³-hybridized carbons (Fsp3) is 0.500. The van der Waals surface area contributed by atoms with Crippen LogP contribution in [0.2, 0.25) is 0 Å². The summed E-state index contributed by atoms with van der Waals surface area (Å²) in [6.07, 6.45) is 0.942. The molecule has 3 heterocycles. The Bertz CT molecular complexity index is 609. The average Bonchev–Trinajstić information content (AvgIpc) is 2.67. The van der Waals surface area contributed by atoms with Crippen LogP contribution in [0, 0.1) is 0 Å². The molecule has 7 nitrogen and oxygen atoms in total. The van der Waals surface area contributed by atoms with Crippen LogP contribution < -0.4 is 16.3 Å². The molecule has 0 radical (unpaired) electrons. The first-order chi connectivity index (χ1) is 8.11. The predicted octanol–water partition coefficient (Wildman–Crippen LogP) is -0.655. The van der Waals surface area contributed by atoms with Crippen LogP contribution in [-0.2, 0) is 0 Å². The van der Waals surface area contributed by atoms with Gasteiger partial charge in [-0.1, -0.05) is 6.92 Å². The fourth-order valence-electron chi connectivity index (χ4n) is 2.06. The van der Waals surface area contributed by atoms with Crippen LogP contribution in [0.5, 0.6) is 0 Å². The lowest BCUT2D eigenvalue weighted by Gasteiger charge is -2.47. The Kier molecular flexibility index (Phi) is 1.99. The summed E-state index contributed by atoms with van der Waals surface area (Å²) in [4.78, 5) is 13.4. The number of nitrogens with two attached hydrogens (primary N) is 1. The van der Waals surface area contributed by atoms with Crippen LogP contribution in [0.25, 0.3) is 5.65 Å². The number of nitrogens with zero attached hydrogens (tertiary/aromatic N) is 4. The molecule has 1 aliphatic heterocycles. The third-order valence-electron chi connectivity index (χ3n) is 3.30. The van der Waals surface area contributed by atoms with Gasteiger partial charge in [0.1, 0.15) is 5.82 Å². The maximum Gasteiger partial charge on any atom is 0.364 e. The van der Waals surface area contributed by atoms with Crippen molar-refractivity contribution in [3.8, 4) is 0 Å². The molecule has 2 aromatic rings. The third-order valence-corrected chi connectivity index (χ3v) is 3.30. The van der Waals surface area contributed by atoms with E-state index in [1.165, 1.54) is 4.52 Å². The number of aromatic nitrogens is 4. The Morgan fingerprint density at radius 2 is 2.29 bits per heavy atom. The quantitative estimate of drug-likeness (QED) is 0.720. The van der Waals surface area contributed by atoms with E-state index in [0.29, 0.717) is 5.65 Å². The fourth-order valence-corrected chi connectivity index (χ4v) is 2.06. The maximum absolute atomic E-state index is 11.4. The van der Waals surface area contributed by atoms with E-state index in [0.717, 1.165) is 25.3 Å². The molecular formula is C10H14N6O. The first-order valence-electron chi connectivity index (χ1n) is 5.60. The van der Waals surface area contributed by atoms with Gasteiger partial charge in [-0.05, 0) is 18.6 Å². The Morgan fingerprint density at radius 3 is 3.00 bits per heavy atom. The summed E-state index contributed by atoms with van der Waals surface area (Å²) in [7, 11) is 0. The number of rotatable bonds is 2. The molecule has 0 unspecified atom stereocenters. The van der Waals surface area contributed by atoms with E-state index in [1.54, 1.807) is 6.07 Å². The van der Waals surface area contributed by atoms with E-state index in [9.17, 15) is 4.79 Å². The van der Waals surface area contributed by atoms with E-state index in [-0.39, 0.29) is 11.2 Å². The SMILES string of the molecule is CCC1(N)CN(c2ccc3n[nH]c(=O)n3n2)C1. The molecule has 1 fully saturated rings. The zero-order valence-corrected chi connectivity index (χ0v) is 9.55. The molecule has 0 saturated carbocycles. The molecule has 7 heteroatoms. The minimum absolute atomic E-state index is 0.113. The number of fused-ring (bicyclic) bond motifs is 1. The standard InChI is InChI=1S/C10H14N6O/c1-2-10(11)5-15(6-10)8-4-3-7-12-13-9(17)16(7)14-8/h3-4H,2,5-6,11H2,1H3,(H,13,17). The normalized spacial score (nSPS) is 18.4. The van der Waals surface area contributed by atoms with Crippen molar-refractivity contribution < 1.29 is 0 Å². The average molecular weight is 234 g/mol. The highest BCUT2D eigenvalue weighted by atomic mass is 16.2. The molecule has 17 heavy (non-hydrogen) atoms. The van der Waals surface area contributed by atoms with Gasteiger partial charge in [-0.3, -0.25) is 0 Å². The largest absolute Gasteiger partial charge is 0.364 e. The highest BCUT2D eigenvalue weighted by Crippen LogP contribution is 2.26. The molecule has 0 bridgehead atoms. The molecule has 0 amide bonds. The third kappa shape index (κ3) is 1.50. The van der Waals surface area contributed by atoms with E-state index in [2.05, 4.69) is 27.1 Å². The number of nitrogens with one attached hydrogen (secondary N) is 1. The first-order valence-corrected chi connectivity index (χ1v) is 5.60. The zero-order valence-electron chi connectivity index (χ0n) is 9.55. The molecule has 3 rings (SSSR count). The highest BCUT2D eigenvalue weighted by molar-refractivity contribution is 5.48. The van der Waals surface area contributed by atoms with Crippen LogP contribution in [0.4, 0.5) is 5.82 Å². The minimum Gasteiger partial charge on any atom is -0.351 e. The minimum atomic E-state index is -0.322. The van der Waals surface area contributed by atoms with Gasteiger partial charge in [-0.2, -0.15) is 9.61 Å². The molecule has 1 aliphatic rings. The van der Waals surface area contributed by atoms with Gasteiger partial charge < -0.3 is 10.6 Å². The van der Waals surface area contributed by atoms with Crippen molar-refractivity contribution in [3.05, 3.63) is 22.6 Å². The molecule has 0 aliphatic carbocycles. The first kappa shape index (κ1) is 10.3. The molecule has 1 saturated heterocycles. The van der Waals surface area contributed by atoms with Gasteiger partial charge in [0.25, 0.3) is 0 Å². The summed E-state index contributed by atoms with van der Waals surface area (Å²) < 4.78 is 1.26. The van der Waals surface area contributed by atoms with Gasteiger partial charge in [0, 0.05) is 13.1 Å². The van der Waals surface area contributed by atoms with Gasteiger partial charge >= 0.3 is 5.69 Å². The second-order valence-corrected chi connectivity index (χ2v) is 4.56. The summed E-state index contributed by atoms with van der Waals surface area (Å²) >= 11 is 0. The van der Waals surface area contributed by atoms with Crippen molar-refractivity contribution >= 4 is 11.5 Å². The summed E-state index contributed by atoms with van der Waals surface area (Å²) in [5, 5.41) is 10.4. The second-order valence-electron chi connectivity index (χ2n) is 4.56. The smallest absolute Gasteiger partial charge is 0.351 e. The molecule has 2 aromatic heterocycles. The number of anilines is 1. The van der Waals surface area contributed by atoms with Gasteiger partial charge in [-0.25, -0.2) is 9.89 Å². The highest BCUT2D eigenvalue weighted by Gasteiger charge is 2.38. The van der Waals surface area contributed by atoms with Crippen molar-refractivity contribution in [2.24, 2.45) is 5.73 Å². The summed E-state index contributed by atoms with van der Waals surface area (Å²) in [5.41, 5.74) is 6.18. The Hall–Kier alpha value is -1.89. The Balaban J connectivity index is 1.92. The Morgan fingerprint density at radius 1 is 1.53 bits per heavy atom. The van der Waals surface area contributed by atoms with Gasteiger partial charge in [-0.15, -0.1) is 5.10 Å². The molecule has 0 spiro atoms. The number of H-pyrrole nitrogens is 1. The predicted molar refractivity (Wildman–Crippen MR) is 63.0 cm³/mol. The van der Waals surface area contributed by atoms with Crippen molar-refractivity contribution in [3.63, 3.8) is 0 Å². The lowest BCUT2D eigenvalue weighted by molar-refractivity contribution is 0.319. The molecule has 90 valence electrons. The maximum atomic E-state index is 11.4. The topological polar surface area (TPSA) is 92.3 Å². The number of aromatic amines is 1. The van der Waals surface area contributed by atoms with Crippen molar-refractivity contribution in [2.45, 2.75) is 18.9 Å². The molecule has 3 N–H and O–H groups in total. The van der Waals surface area contributed by atoms with E-state index in [4.69, 9.17) is 5.73 Å². The van der Waals surface area contributed by atoms with Crippen molar-refractivity contribution in [1.29, 1.82) is 0 Å². The van der Waals surface area contributed by atoms with Crippen LogP contribution >= 0.6 is 0 Å². The molecule has 0 aromatic carbocycles. The van der Waals surface area contributed by atoms with Crippen LogP contribution in [-0.4, -0.2) is 38.4 Å². The molecule has 0 atom stereocenters. The second kappa shape index (κ2) is 3.30. The van der Waals surface area contributed by atoms with Gasteiger partial charge in [0.2, 0.25) is 0 Å². The van der Waals surface area contributed by atoms with Crippen molar-refractivity contribution in [1.82, 2.24) is 19.8 Å². The number of hydrogen-bond donors (Lipinski definition) is 2. The van der Waals surface area contributed by atoms with E-state index in [1.807, 2.05) is 6.07 Å². The van der Waals surface area contributed by atoms with Crippen LogP contribution in [0.15, 0.2) is 16.9 Å². The van der Waals surface area contributed by atoms with Crippen LogP contribution in [0.3, 0.4) is 0 Å². The molecular weight excluding hydrogens is 220 g/mol. The summed E-state index contributed by atoms with van der Waals surface area (Å²) in [6, 6.07) is 3.62. The lowest BCUT2D eigenvalue weighted by atomic mass is 9.88. The summed E-state index contributed by atoms with van der Waals surface area (Å²) in [6.45, 7) is 3.62. The van der Waals surface area contributed by atoms with Gasteiger partial charge in [0.05, 0.1) is 5.54 Å².